The van der Waals surface area contributed by atoms with E-state index in [1.807, 2.05) is 27.7 Å². The molecule has 0 N–H and O–H groups in total. The second-order valence-corrected chi connectivity index (χ2v) is 5.25. The first kappa shape index (κ1) is 11.8. The molecule has 1 aromatic rings. The summed E-state index contributed by atoms with van der Waals surface area (Å²) in [5.74, 6) is 0.567. The Morgan fingerprint density at radius 1 is 1.35 bits per heavy atom. The monoisotopic (exact) mass is 239 g/mol. The van der Waals surface area contributed by atoms with Crippen molar-refractivity contribution in [3.8, 4) is 0 Å². The average Bonchev–Trinajstić information content (AvgIpc) is 2.69. The average molecular weight is 239 g/mol. The third-order valence-corrected chi connectivity index (χ3v) is 2.90. The molecule has 17 heavy (non-hydrogen) atoms. The maximum atomic E-state index is 11.9. The molecule has 0 aliphatic carbocycles. The van der Waals surface area contributed by atoms with Gasteiger partial charge < -0.3 is 4.74 Å². The van der Waals surface area contributed by atoms with Gasteiger partial charge in [0.1, 0.15) is 0 Å². The molecular weight excluding hydrogens is 222 g/mol. The third-order valence-electron chi connectivity index (χ3n) is 2.90. The van der Waals surface area contributed by atoms with Crippen LogP contribution in [-0.4, -0.2) is 42.8 Å². The lowest BCUT2D eigenvalue weighted by molar-refractivity contribution is 0.117. The molecule has 1 amide bonds. The number of aryl methyl sites for hydroxylation is 1. The molecule has 0 saturated carbocycles. The zero-order valence-corrected chi connectivity index (χ0v) is 10.7. The highest BCUT2D eigenvalue weighted by atomic mass is 16.6. The third kappa shape index (κ3) is 1.85. The molecular formula is C10H17N5O2. The van der Waals surface area contributed by atoms with Crippen LogP contribution in [-0.2, 0) is 11.8 Å². The molecule has 0 bridgehead atoms. The molecule has 1 aliphatic heterocycles. The van der Waals surface area contributed by atoms with E-state index in [0.717, 1.165) is 0 Å². The normalized spacial score (nSPS) is 25.2. The molecule has 94 valence electrons. The van der Waals surface area contributed by atoms with Gasteiger partial charge in [-0.3, -0.25) is 4.90 Å². The minimum Gasteiger partial charge on any atom is -0.436 e. The van der Waals surface area contributed by atoms with Crippen molar-refractivity contribution in [3.05, 3.63) is 5.82 Å². The molecule has 0 unspecified atom stereocenters. The molecule has 1 aliphatic rings. The van der Waals surface area contributed by atoms with Gasteiger partial charge in [-0.05, 0) is 38.1 Å². The fraction of sp³-hybridized carbons (Fsp3) is 0.800. The summed E-state index contributed by atoms with van der Waals surface area (Å²) in [5, 5.41) is 11.2. The Kier molecular flexibility index (Phi) is 2.56. The number of hydrogen-bond donors (Lipinski definition) is 0. The first-order chi connectivity index (χ1) is 7.82. The Balaban J connectivity index is 2.31. The molecule has 2 heterocycles. The first-order valence-electron chi connectivity index (χ1n) is 5.54. The number of aromatic nitrogens is 4. The number of amides is 1. The van der Waals surface area contributed by atoms with Crippen LogP contribution in [0, 0.1) is 0 Å². The summed E-state index contributed by atoms with van der Waals surface area (Å²) in [5.41, 5.74) is -0.280. The van der Waals surface area contributed by atoms with Gasteiger partial charge in [-0.15, -0.1) is 5.10 Å². The Morgan fingerprint density at radius 3 is 2.41 bits per heavy atom. The van der Waals surface area contributed by atoms with Crippen LogP contribution in [0.2, 0.25) is 0 Å². The topological polar surface area (TPSA) is 73.1 Å². The van der Waals surface area contributed by atoms with Crippen LogP contribution in [0.3, 0.4) is 0 Å². The lowest BCUT2D eigenvalue weighted by Crippen LogP contribution is -2.46. The van der Waals surface area contributed by atoms with Crippen molar-refractivity contribution >= 4 is 6.09 Å². The van der Waals surface area contributed by atoms with Gasteiger partial charge in [0.25, 0.3) is 0 Å². The van der Waals surface area contributed by atoms with Gasteiger partial charge in [0.2, 0.25) is 0 Å². The van der Waals surface area contributed by atoms with Crippen molar-refractivity contribution in [2.75, 3.05) is 0 Å². The van der Waals surface area contributed by atoms with E-state index in [1.54, 1.807) is 11.9 Å². The van der Waals surface area contributed by atoms with Crippen LogP contribution < -0.4 is 0 Å². The summed E-state index contributed by atoms with van der Waals surface area (Å²) in [7, 11) is 1.73. The van der Waals surface area contributed by atoms with E-state index >= 15 is 0 Å². The van der Waals surface area contributed by atoms with Crippen molar-refractivity contribution in [2.45, 2.75) is 45.4 Å². The molecule has 1 fully saturated rings. The van der Waals surface area contributed by atoms with Crippen molar-refractivity contribution in [2.24, 2.45) is 7.05 Å². The van der Waals surface area contributed by atoms with Gasteiger partial charge in [0, 0.05) is 12.6 Å². The largest absolute Gasteiger partial charge is 0.436 e. The molecule has 0 radical (unpaired) electrons. The van der Waals surface area contributed by atoms with Gasteiger partial charge >= 0.3 is 6.09 Å². The number of cyclic esters (lactones) is 1. The molecule has 7 heteroatoms. The van der Waals surface area contributed by atoms with Gasteiger partial charge in [-0.1, -0.05) is 0 Å². The van der Waals surface area contributed by atoms with E-state index in [2.05, 4.69) is 15.5 Å². The molecule has 1 aromatic heterocycles. The summed E-state index contributed by atoms with van der Waals surface area (Å²) in [4.78, 5) is 13.6. The number of tetrazole rings is 1. The van der Waals surface area contributed by atoms with Crippen LogP contribution in [0.1, 0.15) is 39.6 Å². The van der Waals surface area contributed by atoms with E-state index in [1.165, 1.54) is 4.68 Å². The highest BCUT2D eigenvalue weighted by molar-refractivity contribution is 5.71. The van der Waals surface area contributed by atoms with Crippen LogP contribution in [0.25, 0.3) is 0 Å². The lowest BCUT2D eigenvalue weighted by atomic mass is 10.0. The fourth-order valence-electron chi connectivity index (χ4n) is 2.20. The van der Waals surface area contributed by atoms with Crippen molar-refractivity contribution < 1.29 is 9.53 Å². The molecule has 1 saturated heterocycles. The Morgan fingerprint density at radius 2 is 2.00 bits per heavy atom. The zero-order valence-electron chi connectivity index (χ0n) is 10.7. The number of carbonyl (C=O) groups is 1. The zero-order chi connectivity index (χ0) is 12.8. The van der Waals surface area contributed by atoms with E-state index < -0.39 is 6.10 Å². The Bertz CT molecular complexity index is 436. The quantitative estimate of drug-likeness (QED) is 0.727. The SMILES string of the molecule is C[C@H]1[C@@H](c2nnnn2C)OC(=O)N1C(C)(C)C. The molecule has 0 spiro atoms. The highest BCUT2D eigenvalue weighted by Crippen LogP contribution is 2.35. The van der Waals surface area contributed by atoms with E-state index in [-0.39, 0.29) is 17.7 Å². The van der Waals surface area contributed by atoms with Crippen molar-refractivity contribution in [1.29, 1.82) is 0 Å². The number of rotatable bonds is 1. The molecule has 0 aromatic carbocycles. The summed E-state index contributed by atoms with van der Waals surface area (Å²) >= 11 is 0. The second kappa shape index (κ2) is 3.68. The predicted molar refractivity (Wildman–Crippen MR) is 59.1 cm³/mol. The number of ether oxygens (including phenoxy) is 1. The first-order valence-corrected chi connectivity index (χ1v) is 5.54. The lowest BCUT2D eigenvalue weighted by Gasteiger charge is -2.33. The Hall–Kier alpha value is -1.66. The van der Waals surface area contributed by atoms with Gasteiger partial charge in [0.05, 0.1) is 6.04 Å². The van der Waals surface area contributed by atoms with Crippen LogP contribution in [0.4, 0.5) is 4.79 Å². The van der Waals surface area contributed by atoms with Gasteiger partial charge in [0.15, 0.2) is 11.9 Å². The highest BCUT2D eigenvalue weighted by Gasteiger charge is 2.46. The maximum absolute atomic E-state index is 11.9. The molecule has 2 rings (SSSR count). The van der Waals surface area contributed by atoms with Gasteiger partial charge in [-0.25, -0.2) is 9.48 Å². The molecule has 7 nitrogen and oxygen atoms in total. The predicted octanol–water partition coefficient (Wildman–Crippen LogP) is 0.890. The smallest absolute Gasteiger partial charge is 0.411 e. The maximum Gasteiger partial charge on any atom is 0.411 e. The number of hydrogen-bond acceptors (Lipinski definition) is 5. The molecule has 2 atom stereocenters. The fourth-order valence-corrected chi connectivity index (χ4v) is 2.20. The second-order valence-electron chi connectivity index (χ2n) is 5.25. The summed E-state index contributed by atoms with van der Waals surface area (Å²) < 4.78 is 6.89. The van der Waals surface area contributed by atoms with E-state index in [9.17, 15) is 4.79 Å². The summed E-state index contributed by atoms with van der Waals surface area (Å²) in [6.07, 6.45) is -0.736. The van der Waals surface area contributed by atoms with Crippen molar-refractivity contribution in [1.82, 2.24) is 25.1 Å². The van der Waals surface area contributed by atoms with Crippen LogP contribution in [0.15, 0.2) is 0 Å². The van der Waals surface area contributed by atoms with Crippen molar-refractivity contribution in [3.63, 3.8) is 0 Å². The standard InChI is InChI=1S/C10H17N5O2/c1-6-7(8-11-12-13-14(8)5)17-9(16)15(6)10(2,3)4/h6-7H,1-5H3/t6-,7-/m0/s1. The Labute approximate surface area is 99.7 Å². The minimum absolute atomic E-state index is 0.0906. The van der Waals surface area contributed by atoms with E-state index in [0.29, 0.717) is 5.82 Å². The van der Waals surface area contributed by atoms with Crippen LogP contribution >= 0.6 is 0 Å². The summed E-state index contributed by atoms with van der Waals surface area (Å²) in [6, 6.07) is -0.0906. The number of carbonyl (C=O) groups excluding carboxylic acids is 1. The van der Waals surface area contributed by atoms with E-state index in [4.69, 9.17) is 4.74 Å². The van der Waals surface area contributed by atoms with Crippen LogP contribution in [0.5, 0.6) is 0 Å². The minimum atomic E-state index is -0.415. The van der Waals surface area contributed by atoms with Gasteiger partial charge in [-0.2, -0.15) is 0 Å². The number of nitrogens with zero attached hydrogens (tertiary/aromatic N) is 5. The summed E-state index contributed by atoms with van der Waals surface area (Å²) in [6.45, 7) is 7.86.